The first-order valence-electron chi connectivity index (χ1n) is 4.98. The molecule has 1 heterocycles. The summed E-state index contributed by atoms with van der Waals surface area (Å²) in [6.45, 7) is 2.14. The van der Waals surface area contributed by atoms with Crippen LogP contribution in [0.5, 0.6) is 0 Å². The van der Waals surface area contributed by atoms with Gasteiger partial charge in [-0.1, -0.05) is 30.9 Å². The molecule has 0 amide bonds. The minimum absolute atomic E-state index is 0.912. The summed E-state index contributed by atoms with van der Waals surface area (Å²) in [6.07, 6.45) is 4.57. The lowest BCUT2D eigenvalue weighted by atomic mass is 10.1. The molecular weight excluding hydrogens is 184 g/mol. The van der Waals surface area contributed by atoms with Crippen LogP contribution in [0.15, 0.2) is 36.7 Å². The van der Waals surface area contributed by atoms with E-state index in [1.165, 1.54) is 5.56 Å². The van der Waals surface area contributed by atoms with Crippen LogP contribution in [0, 0.1) is 11.8 Å². The van der Waals surface area contributed by atoms with E-state index in [-0.39, 0.29) is 0 Å². The van der Waals surface area contributed by atoms with Crippen molar-refractivity contribution < 1.29 is 0 Å². The van der Waals surface area contributed by atoms with E-state index >= 15 is 0 Å². The molecule has 2 heteroatoms. The van der Waals surface area contributed by atoms with Gasteiger partial charge in [-0.3, -0.25) is 5.10 Å². The van der Waals surface area contributed by atoms with Crippen LogP contribution in [0.3, 0.4) is 0 Å². The van der Waals surface area contributed by atoms with Crippen molar-refractivity contribution in [1.29, 1.82) is 0 Å². The van der Waals surface area contributed by atoms with Gasteiger partial charge in [-0.2, -0.15) is 5.10 Å². The van der Waals surface area contributed by atoms with Gasteiger partial charge in [-0.15, -0.1) is 0 Å². The Morgan fingerprint density at radius 2 is 1.87 bits per heavy atom. The zero-order valence-corrected chi connectivity index (χ0v) is 8.62. The third-order valence-electron chi connectivity index (χ3n) is 2.21. The van der Waals surface area contributed by atoms with Crippen LogP contribution in [0.1, 0.15) is 23.6 Å². The van der Waals surface area contributed by atoms with Crippen molar-refractivity contribution in [2.24, 2.45) is 0 Å². The van der Waals surface area contributed by atoms with E-state index in [9.17, 15) is 0 Å². The number of aromatic amines is 1. The average molecular weight is 196 g/mol. The predicted molar refractivity (Wildman–Crippen MR) is 60.4 cm³/mol. The van der Waals surface area contributed by atoms with Crippen LogP contribution in [-0.4, -0.2) is 10.2 Å². The number of H-pyrrole nitrogens is 1. The van der Waals surface area contributed by atoms with E-state index in [0.29, 0.717) is 0 Å². The maximum Gasteiger partial charge on any atom is 0.0644 e. The summed E-state index contributed by atoms with van der Waals surface area (Å²) in [5.74, 6) is 6.12. The molecule has 0 unspecified atom stereocenters. The normalized spacial score (nSPS) is 9.40. The van der Waals surface area contributed by atoms with Crippen LogP contribution in [0.4, 0.5) is 0 Å². The first-order valence-corrected chi connectivity index (χ1v) is 4.98. The van der Waals surface area contributed by atoms with E-state index in [1.54, 1.807) is 12.4 Å². The lowest BCUT2D eigenvalue weighted by Gasteiger charge is -1.94. The highest BCUT2D eigenvalue weighted by Crippen LogP contribution is 2.03. The zero-order chi connectivity index (χ0) is 10.5. The Morgan fingerprint density at radius 3 is 2.47 bits per heavy atom. The van der Waals surface area contributed by atoms with Crippen LogP contribution in [0.2, 0.25) is 0 Å². The Bertz CT molecular complexity index is 469. The van der Waals surface area contributed by atoms with Gasteiger partial charge in [0.1, 0.15) is 0 Å². The molecule has 0 aliphatic carbocycles. The minimum Gasteiger partial charge on any atom is -0.284 e. The predicted octanol–water partition coefficient (Wildman–Crippen LogP) is 2.37. The number of aryl methyl sites for hydroxylation is 1. The van der Waals surface area contributed by atoms with E-state index in [2.05, 4.69) is 41.1 Å². The summed E-state index contributed by atoms with van der Waals surface area (Å²) in [5.41, 5.74) is 3.28. The second-order valence-corrected chi connectivity index (χ2v) is 3.29. The third kappa shape index (κ3) is 2.47. The van der Waals surface area contributed by atoms with Crippen molar-refractivity contribution in [2.75, 3.05) is 0 Å². The summed E-state index contributed by atoms with van der Waals surface area (Å²) in [5, 5.41) is 6.57. The fraction of sp³-hybridized carbons (Fsp3) is 0.154. The highest BCUT2D eigenvalue weighted by Gasteiger charge is 1.89. The Morgan fingerprint density at radius 1 is 1.13 bits per heavy atom. The van der Waals surface area contributed by atoms with Crippen molar-refractivity contribution >= 4 is 0 Å². The van der Waals surface area contributed by atoms with Crippen LogP contribution in [-0.2, 0) is 6.42 Å². The van der Waals surface area contributed by atoms with Crippen molar-refractivity contribution in [3.05, 3.63) is 53.3 Å². The standard InChI is InChI=1S/C13H12N2/c1-2-11-3-5-12(6-4-11)7-8-13-9-14-15-10-13/h3-6,9-10H,2H2,1H3,(H,14,15). The Hall–Kier alpha value is -2.01. The third-order valence-corrected chi connectivity index (χ3v) is 2.21. The largest absolute Gasteiger partial charge is 0.284 e. The number of nitrogens with zero attached hydrogens (tertiary/aromatic N) is 1. The molecule has 2 rings (SSSR count). The van der Waals surface area contributed by atoms with Gasteiger partial charge in [0, 0.05) is 11.8 Å². The molecule has 74 valence electrons. The highest BCUT2D eigenvalue weighted by molar-refractivity contribution is 5.41. The lowest BCUT2D eigenvalue weighted by molar-refractivity contribution is 1.09. The fourth-order valence-corrected chi connectivity index (χ4v) is 1.29. The van der Waals surface area contributed by atoms with Gasteiger partial charge in [-0.25, -0.2) is 0 Å². The molecule has 2 nitrogen and oxygen atoms in total. The first-order chi connectivity index (χ1) is 7.38. The number of hydrogen-bond donors (Lipinski definition) is 1. The molecule has 0 saturated carbocycles. The molecule has 0 aliphatic rings. The minimum atomic E-state index is 0.912. The molecule has 1 N–H and O–H groups in total. The molecule has 1 aromatic heterocycles. The second kappa shape index (κ2) is 4.47. The van der Waals surface area contributed by atoms with Crippen molar-refractivity contribution in [2.45, 2.75) is 13.3 Å². The van der Waals surface area contributed by atoms with Gasteiger partial charge in [0.25, 0.3) is 0 Å². The maximum atomic E-state index is 3.83. The molecule has 0 saturated heterocycles. The lowest BCUT2D eigenvalue weighted by Crippen LogP contribution is -1.80. The van der Waals surface area contributed by atoms with Crippen LogP contribution in [0.25, 0.3) is 0 Å². The fourth-order valence-electron chi connectivity index (χ4n) is 1.29. The molecule has 0 spiro atoms. The average Bonchev–Trinajstić information content (AvgIpc) is 2.80. The number of nitrogens with one attached hydrogen (secondary N) is 1. The summed E-state index contributed by atoms with van der Waals surface area (Å²) >= 11 is 0. The van der Waals surface area contributed by atoms with Gasteiger partial charge in [0.15, 0.2) is 0 Å². The van der Waals surface area contributed by atoms with E-state index < -0.39 is 0 Å². The molecular formula is C13H12N2. The monoisotopic (exact) mass is 196 g/mol. The Balaban J connectivity index is 2.17. The molecule has 0 fully saturated rings. The Kier molecular flexibility index (Phi) is 2.85. The molecule has 0 radical (unpaired) electrons. The smallest absolute Gasteiger partial charge is 0.0644 e. The quantitative estimate of drug-likeness (QED) is 0.697. The van der Waals surface area contributed by atoms with Gasteiger partial charge in [0.2, 0.25) is 0 Å². The van der Waals surface area contributed by atoms with E-state index in [1.807, 2.05) is 12.1 Å². The number of aromatic nitrogens is 2. The van der Waals surface area contributed by atoms with Crippen molar-refractivity contribution in [3.63, 3.8) is 0 Å². The molecule has 1 aromatic carbocycles. The zero-order valence-electron chi connectivity index (χ0n) is 8.62. The number of benzene rings is 1. The van der Waals surface area contributed by atoms with E-state index in [4.69, 9.17) is 0 Å². The van der Waals surface area contributed by atoms with Gasteiger partial charge < -0.3 is 0 Å². The molecule has 0 bridgehead atoms. The molecule has 2 aromatic rings. The first kappa shape index (κ1) is 9.54. The van der Waals surface area contributed by atoms with Gasteiger partial charge in [0.05, 0.1) is 11.8 Å². The van der Waals surface area contributed by atoms with Crippen LogP contribution < -0.4 is 0 Å². The summed E-state index contributed by atoms with van der Waals surface area (Å²) < 4.78 is 0. The highest BCUT2D eigenvalue weighted by atomic mass is 15.1. The number of rotatable bonds is 1. The van der Waals surface area contributed by atoms with Crippen molar-refractivity contribution in [1.82, 2.24) is 10.2 Å². The van der Waals surface area contributed by atoms with E-state index in [0.717, 1.165) is 17.5 Å². The van der Waals surface area contributed by atoms with Gasteiger partial charge in [-0.05, 0) is 24.1 Å². The van der Waals surface area contributed by atoms with Crippen molar-refractivity contribution in [3.8, 4) is 11.8 Å². The number of hydrogen-bond acceptors (Lipinski definition) is 1. The van der Waals surface area contributed by atoms with Crippen LogP contribution >= 0.6 is 0 Å². The SMILES string of the molecule is CCc1ccc(C#Cc2cn[nH]c2)cc1. The summed E-state index contributed by atoms with van der Waals surface area (Å²) in [6, 6.07) is 8.32. The maximum absolute atomic E-state index is 3.83. The Labute approximate surface area is 89.3 Å². The topological polar surface area (TPSA) is 28.7 Å². The van der Waals surface area contributed by atoms with Gasteiger partial charge >= 0.3 is 0 Å². The summed E-state index contributed by atoms with van der Waals surface area (Å²) in [7, 11) is 0. The molecule has 0 aliphatic heterocycles. The summed E-state index contributed by atoms with van der Waals surface area (Å²) in [4.78, 5) is 0. The second-order valence-electron chi connectivity index (χ2n) is 3.29. The molecule has 15 heavy (non-hydrogen) atoms. The molecule has 0 atom stereocenters.